The minimum Gasteiger partial charge on any atom is -0.435 e. The van der Waals surface area contributed by atoms with Gasteiger partial charge >= 0.3 is 6.61 Å². The molecule has 0 unspecified atom stereocenters. The fourth-order valence-corrected chi connectivity index (χ4v) is 3.87. The lowest BCUT2D eigenvalue weighted by Crippen LogP contribution is -2.14. The van der Waals surface area contributed by atoms with Crippen LogP contribution in [0.5, 0.6) is 5.75 Å². The number of ether oxygens (including phenoxy) is 1. The molecule has 0 fully saturated rings. The Morgan fingerprint density at radius 3 is 2.37 bits per heavy atom. The third kappa shape index (κ3) is 4.72. The van der Waals surface area contributed by atoms with Crippen LogP contribution in [0.25, 0.3) is 5.69 Å². The minimum absolute atomic E-state index is 0.0544. The summed E-state index contributed by atoms with van der Waals surface area (Å²) in [6.07, 6.45) is 0. The molecule has 0 aliphatic carbocycles. The molecular formula is C21H23F2N3O3S. The maximum atomic E-state index is 13.1. The van der Waals surface area contributed by atoms with Crippen LogP contribution < -0.4 is 4.74 Å². The Balaban J connectivity index is 1.80. The second kappa shape index (κ2) is 8.99. The molecule has 6 nitrogen and oxygen atoms in total. The molecule has 1 atom stereocenters. The van der Waals surface area contributed by atoms with Crippen molar-refractivity contribution in [3.63, 3.8) is 0 Å². The van der Waals surface area contributed by atoms with Gasteiger partial charge in [0.15, 0.2) is 5.78 Å². The zero-order valence-electron chi connectivity index (χ0n) is 17.3. The molecule has 3 rings (SSSR count). The lowest BCUT2D eigenvalue weighted by atomic mass is 10.1. The number of thioether (sulfide) groups is 1. The number of hydrogen-bond acceptors (Lipinski definition) is 6. The van der Waals surface area contributed by atoms with Gasteiger partial charge in [-0.2, -0.15) is 8.78 Å². The quantitative estimate of drug-likeness (QED) is 0.341. The Morgan fingerprint density at radius 1 is 1.13 bits per heavy atom. The van der Waals surface area contributed by atoms with Crippen molar-refractivity contribution in [1.29, 1.82) is 0 Å². The summed E-state index contributed by atoms with van der Waals surface area (Å²) in [5, 5.41) is 7.94. The van der Waals surface area contributed by atoms with E-state index in [1.165, 1.54) is 23.9 Å². The van der Waals surface area contributed by atoms with Gasteiger partial charge in [-0.1, -0.05) is 25.6 Å². The van der Waals surface area contributed by atoms with Gasteiger partial charge in [0.05, 0.1) is 5.25 Å². The predicted octanol–water partition coefficient (Wildman–Crippen LogP) is 5.57. The number of ketones is 1. The number of rotatable bonds is 8. The van der Waals surface area contributed by atoms with Crippen molar-refractivity contribution in [2.24, 2.45) is 0 Å². The van der Waals surface area contributed by atoms with Gasteiger partial charge in [0.2, 0.25) is 5.89 Å². The number of aromatic nitrogens is 3. The molecule has 0 amide bonds. The van der Waals surface area contributed by atoms with E-state index in [9.17, 15) is 13.6 Å². The van der Waals surface area contributed by atoms with Crippen molar-refractivity contribution < 1.29 is 22.7 Å². The van der Waals surface area contributed by atoms with Gasteiger partial charge < -0.3 is 13.7 Å². The summed E-state index contributed by atoms with van der Waals surface area (Å²) in [5.41, 5.74) is 2.96. The highest BCUT2D eigenvalue weighted by atomic mass is 32.2. The molecule has 9 heteroatoms. The summed E-state index contributed by atoms with van der Waals surface area (Å²) >= 11 is 1.23. The van der Waals surface area contributed by atoms with E-state index in [0.717, 1.165) is 17.1 Å². The van der Waals surface area contributed by atoms with Crippen molar-refractivity contribution >= 4 is 17.5 Å². The van der Waals surface area contributed by atoms with Crippen molar-refractivity contribution in [1.82, 2.24) is 14.8 Å². The van der Waals surface area contributed by atoms with Crippen molar-refractivity contribution in [2.75, 3.05) is 0 Å². The van der Waals surface area contributed by atoms with Crippen LogP contribution in [0, 0.1) is 13.8 Å². The molecule has 0 spiro atoms. The van der Waals surface area contributed by atoms with E-state index < -0.39 is 11.9 Å². The second-order valence-corrected chi connectivity index (χ2v) is 8.47. The van der Waals surface area contributed by atoms with Crippen LogP contribution in [0.2, 0.25) is 0 Å². The first-order valence-corrected chi connectivity index (χ1v) is 10.3. The van der Waals surface area contributed by atoms with Gasteiger partial charge in [-0.05, 0) is 51.1 Å². The smallest absolute Gasteiger partial charge is 0.387 e. The number of halogens is 2. The van der Waals surface area contributed by atoms with E-state index in [2.05, 4.69) is 14.9 Å². The second-order valence-electron chi connectivity index (χ2n) is 7.18. The Labute approximate surface area is 177 Å². The Bertz CT molecular complexity index is 1030. The highest BCUT2D eigenvalue weighted by molar-refractivity contribution is 8.00. The lowest BCUT2D eigenvalue weighted by Gasteiger charge is -2.12. The Morgan fingerprint density at radius 2 is 1.80 bits per heavy atom. The summed E-state index contributed by atoms with van der Waals surface area (Å²) in [6.45, 7) is 6.58. The first-order chi connectivity index (χ1) is 14.2. The van der Waals surface area contributed by atoms with E-state index >= 15 is 0 Å². The Kier molecular flexibility index (Phi) is 6.60. The van der Waals surface area contributed by atoms with Gasteiger partial charge in [0.25, 0.3) is 5.22 Å². The highest BCUT2D eigenvalue weighted by Crippen LogP contribution is 2.29. The number of benzene rings is 1. The average Bonchev–Trinajstić information content (AvgIpc) is 3.26. The summed E-state index contributed by atoms with van der Waals surface area (Å²) in [5.74, 6) is 0.683. The number of carbonyl (C=O) groups is 1. The topological polar surface area (TPSA) is 70.2 Å². The van der Waals surface area contributed by atoms with Crippen molar-refractivity contribution in [3.05, 3.63) is 53.2 Å². The molecular weight excluding hydrogens is 412 g/mol. The zero-order valence-corrected chi connectivity index (χ0v) is 18.2. The third-order valence-electron chi connectivity index (χ3n) is 4.58. The van der Waals surface area contributed by atoms with E-state index in [1.54, 1.807) is 19.1 Å². The monoisotopic (exact) mass is 435 g/mol. The molecule has 2 aromatic heterocycles. The van der Waals surface area contributed by atoms with Crippen LogP contribution in [-0.2, 0) is 0 Å². The first kappa shape index (κ1) is 22.0. The fraction of sp³-hybridized carbons (Fsp3) is 0.381. The maximum Gasteiger partial charge on any atom is 0.387 e. The molecule has 30 heavy (non-hydrogen) atoms. The standard InChI is InChI=1S/C21H23F2N3O3S/c1-11(2)19-24-25-21(29-19)30-14(5)18(27)17-10-12(3)26(13(17)4)15-6-8-16(9-7-15)28-20(22)23/h6-11,14,20H,1-5H3/t14-/m0/s1. The van der Waals surface area contributed by atoms with Crippen molar-refractivity contribution in [3.8, 4) is 11.4 Å². The van der Waals surface area contributed by atoms with Gasteiger partial charge in [-0.3, -0.25) is 4.79 Å². The highest BCUT2D eigenvalue weighted by Gasteiger charge is 2.24. The number of alkyl halides is 2. The number of carbonyl (C=O) groups excluding carboxylic acids is 1. The van der Waals surface area contributed by atoms with Gasteiger partial charge in [0.1, 0.15) is 5.75 Å². The van der Waals surface area contributed by atoms with E-state index in [4.69, 9.17) is 4.42 Å². The van der Waals surface area contributed by atoms with Gasteiger partial charge in [-0.15, -0.1) is 10.2 Å². The first-order valence-electron chi connectivity index (χ1n) is 9.45. The molecule has 0 saturated heterocycles. The van der Waals surface area contributed by atoms with Crippen LogP contribution in [0.3, 0.4) is 0 Å². The number of aryl methyl sites for hydroxylation is 1. The number of hydrogen-bond donors (Lipinski definition) is 0. The van der Waals surface area contributed by atoms with Crippen LogP contribution in [0.1, 0.15) is 54.3 Å². The molecule has 0 bridgehead atoms. The summed E-state index contributed by atoms with van der Waals surface area (Å²) in [4.78, 5) is 13.1. The molecule has 0 aliphatic rings. The number of Topliss-reactive ketones (excluding diaryl/α,β-unsaturated/α-hetero) is 1. The van der Waals surface area contributed by atoms with Crippen LogP contribution >= 0.6 is 11.8 Å². The summed E-state index contributed by atoms with van der Waals surface area (Å²) < 4.78 is 36.6. The van der Waals surface area contributed by atoms with E-state index in [0.29, 0.717) is 16.7 Å². The summed E-state index contributed by atoms with van der Waals surface area (Å²) in [7, 11) is 0. The molecule has 1 aromatic carbocycles. The molecule has 160 valence electrons. The van der Waals surface area contributed by atoms with Crippen LogP contribution in [0.4, 0.5) is 8.78 Å². The maximum absolute atomic E-state index is 13.1. The molecule has 3 aromatic rings. The average molecular weight is 435 g/mol. The largest absolute Gasteiger partial charge is 0.435 e. The molecule has 0 radical (unpaired) electrons. The number of nitrogens with zero attached hydrogens (tertiary/aromatic N) is 3. The van der Waals surface area contributed by atoms with Crippen molar-refractivity contribution in [2.45, 2.75) is 57.6 Å². The lowest BCUT2D eigenvalue weighted by molar-refractivity contribution is -0.0498. The van der Waals surface area contributed by atoms with Gasteiger partial charge in [-0.25, -0.2) is 0 Å². The summed E-state index contributed by atoms with van der Waals surface area (Å²) in [6, 6.07) is 8.13. The predicted molar refractivity (Wildman–Crippen MR) is 110 cm³/mol. The van der Waals surface area contributed by atoms with E-state index in [1.807, 2.05) is 38.3 Å². The van der Waals surface area contributed by atoms with Gasteiger partial charge in [0, 0.05) is 28.6 Å². The SMILES string of the molecule is Cc1cc(C(=O)[C@H](C)Sc2nnc(C(C)C)o2)c(C)n1-c1ccc(OC(F)F)cc1. The molecule has 0 N–H and O–H groups in total. The minimum atomic E-state index is -2.87. The zero-order chi connectivity index (χ0) is 22.0. The normalized spacial score (nSPS) is 12.6. The van der Waals surface area contributed by atoms with Crippen LogP contribution in [-0.4, -0.2) is 32.4 Å². The molecule has 0 saturated carbocycles. The van der Waals surface area contributed by atoms with Crippen LogP contribution in [0.15, 0.2) is 40.0 Å². The molecule has 2 heterocycles. The third-order valence-corrected chi connectivity index (χ3v) is 5.51. The van der Waals surface area contributed by atoms with E-state index in [-0.39, 0.29) is 17.5 Å². The fourth-order valence-electron chi connectivity index (χ4n) is 3.11. The molecule has 0 aliphatic heterocycles. The Hall–Kier alpha value is -2.68.